The Morgan fingerprint density at radius 3 is 2.39 bits per heavy atom. The Kier molecular flexibility index (Phi) is 7.23. The molecular formula is C25H31FN2. The van der Waals surface area contributed by atoms with Gasteiger partial charge in [-0.3, -0.25) is 0 Å². The Morgan fingerprint density at radius 1 is 1.04 bits per heavy atom. The number of rotatable bonds is 11. The first-order chi connectivity index (χ1) is 13.7. The molecule has 0 heterocycles. The molecule has 148 valence electrons. The topological polar surface area (TPSA) is 27.0 Å². The molecule has 1 aliphatic carbocycles. The highest BCUT2D eigenvalue weighted by molar-refractivity contribution is 5.36. The van der Waals surface area contributed by atoms with Crippen LogP contribution in [0.3, 0.4) is 0 Å². The maximum Gasteiger partial charge on any atom is 0.128 e. The summed E-state index contributed by atoms with van der Waals surface area (Å²) in [6.07, 6.45) is 5.89. The zero-order valence-electron chi connectivity index (χ0n) is 16.9. The maximum absolute atomic E-state index is 14.5. The van der Waals surface area contributed by atoms with E-state index < -0.39 is 5.41 Å². The molecule has 1 saturated carbocycles. The van der Waals surface area contributed by atoms with Gasteiger partial charge in [0.2, 0.25) is 0 Å². The smallest absolute Gasteiger partial charge is 0.128 e. The molecule has 1 fully saturated rings. The minimum absolute atomic E-state index is 0.231. The maximum atomic E-state index is 14.5. The van der Waals surface area contributed by atoms with Gasteiger partial charge in [-0.2, -0.15) is 5.26 Å². The van der Waals surface area contributed by atoms with Crippen LogP contribution in [0.4, 0.5) is 4.39 Å². The summed E-state index contributed by atoms with van der Waals surface area (Å²) < 4.78 is 14.5. The zero-order chi connectivity index (χ0) is 19.8. The van der Waals surface area contributed by atoms with E-state index >= 15 is 0 Å². The van der Waals surface area contributed by atoms with Gasteiger partial charge in [-0.05, 0) is 69.2 Å². The largest absolute Gasteiger partial charge is 0.303 e. The van der Waals surface area contributed by atoms with Crippen LogP contribution in [0.5, 0.6) is 0 Å². The van der Waals surface area contributed by atoms with Gasteiger partial charge in [0.25, 0.3) is 0 Å². The van der Waals surface area contributed by atoms with Crippen molar-refractivity contribution in [2.45, 2.75) is 50.9 Å². The van der Waals surface area contributed by atoms with E-state index in [0.29, 0.717) is 11.5 Å². The van der Waals surface area contributed by atoms with Crippen molar-refractivity contribution >= 4 is 0 Å². The highest BCUT2D eigenvalue weighted by Crippen LogP contribution is 2.50. The second-order valence-corrected chi connectivity index (χ2v) is 8.02. The summed E-state index contributed by atoms with van der Waals surface area (Å²) in [7, 11) is 0. The van der Waals surface area contributed by atoms with E-state index in [1.807, 2.05) is 12.1 Å². The fraction of sp³-hybridized carbons (Fsp3) is 0.480. The Labute approximate surface area is 169 Å². The molecule has 2 aromatic rings. The van der Waals surface area contributed by atoms with Crippen LogP contribution in [0.1, 0.15) is 50.2 Å². The van der Waals surface area contributed by atoms with E-state index in [-0.39, 0.29) is 5.82 Å². The van der Waals surface area contributed by atoms with E-state index in [2.05, 4.69) is 48.2 Å². The van der Waals surface area contributed by atoms with Gasteiger partial charge in [0.1, 0.15) is 5.82 Å². The molecule has 0 amide bonds. The third-order valence-corrected chi connectivity index (χ3v) is 5.97. The van der Waals surface area contributed by atoms with Crippen molar-refractivity contribution in [3.63, 3.8) is 0 Å². The summed E-state index contributed by atoms with van der Waals surface area (Å²) in [5, 5.41) is 10.1. The van der Waals surface area contributed by atoms with Crippen molar-refractivity contribution in [1.29, 1.82) is 5.26 Å². The lowest BCUT2D eigenvalue weighted by atomic mass is 9.73. The molecule has 3 heteroatoms. The third-order valence-electron chi connectivity index (χ3n) is 5.97. The molecule has 3 rings (SSSR count). The van der Waals surface area contributed by atoms with Crippen molar-refractivity contribution in [2.75, 3.05) is 19.6 Å². The lowest BCUT2D eigenvalue weighted by Gasteiger charge is -2.29. The third kappa shape index (κ3) is 5.00. The van der Waals surface area contributed by atoms with Gasteiger partial charge < -0.3 is 4.90 Å². The Hall–Kier alpha value is -2.18. The van der Waals surface area contributed by atoms with Crippen molar-refractivity contribution < 1.29 is 4.39 Å². The van der Waals surface area contributed by atoms with Gasteiger partial charge in [0.05, 0.1) is 11.5 Å². The van der Waals surface area contributed by atoms with Crippen molar-refractivity contribution in [2.24, 2.45) is 5.92 Å². The standard InChI is InChI=1S/C25H31FN2/c1-2-17-28(19-15-21-9-4-3-5-10-21)18-8-16-25(20-27,22-13-14-22)23-11-6-7-12-24(23)26/h3-7,9-12,22H,2,8,13-19H2,1H3. The fourth-order valence-corrected chi connectivity index (χ4v) is 4.33. The molecule has 0 saturated heterocycles. The number of benzene rings is 2. The number of nitriles is 1. The number of halogens is 1. The molecule has 0 N–H and O–H groups in total. The van der Waals surface area contributed by atoms with E-state index in [1.165, 1.54) is 11.6 Å². The van der Waals surface area contributed by atoms with Crippen LogP contribution in [-0.2, 0) is 11.8 Å². The Balaban J connectivity index is 1.62. The Morgan fingerprint density at radius 2 is 1.75 bits per heavy atom. The molecule has 0 aliphatic heterocycles. The minimum atomic E-state index is -0.664. The van der Waals surface area contributed by atoms with Crippen molar-refractivity contribution in [1.82, 2.24) is 4.90 Å². The van der Waals surface area contributed by atoms with E-state index in [4.69, 9.17) is 0 Å². The lowest BCUT2D eigenvalue weighted by molar-refractivity contribution is 0.259. The summed E-state index contributed by atoms with van der Waals surface area (Å²) in [6.45, 7) is 5.26. The molecule has 28 heavy (non-hydrogen) atoms. The van der Waals surface area contributed by atoms with Gasteiger partial charge >= 0.3 is 0 Å². The average Bonchev–Trinajstić information content (AvgIpc) is 3.57. The van der Waals surface area contributed by atoms with E-state index in [0.717, 1.165) is 58.2 Å². The van der Waals surface area contributed by atoms with Crippen LogP contribution < -0.4 is 0 Å². The summed E-state index contributed by atoms with van der Waals surface area (Å²) in [4.78, 5) is 2.49. The molecule has 1 unspecified atom stereocenters. The SMILES string of the molecule is CCCN(CCCC(C#N)(c1ccccc1F)C1CC1)CCc1ccccc1. The van der Waals surface area contributed by atoms with Gasteiger partial charge in [-0.25, -0.2) is 4.39 Å². The summed E-state index contributed by atoms with van der Waals surface area (Å²) in [5.41, 5.74) is 1.30. The second-order valence-electron chi connectivity index (χ2n) is 8.02. The van der Waals surface area contributed by atoms with Gasteiger partial charge in [-0.15, -0.1) is 0 Å². The van der Waals surface area contributed by atoms with Crippen LogP contribution in [0, 0.1) is 23.1 Å². The molecule has 2 nitrogen and oxygen atoms in total. The van der Waals surface area contributed by atoms with Crippen LogP contribution in [-0.4, -0.2) is 24.5 Å². The van der Waals surface area contributed by atoms with Gasteiger partial charge in [0, 0.05) is 12.1 Å². The fourth-order valence-electron chi connectivity index (χ4n) is 4.33. The Bertz CT molecular complexity index is 779. The summed E-state index contributed by atoms with van der Waals surface area (Å²) in [5.74, 6) is 0.0729. The average molecular weight is 379 g/mol. The van der Waals surface area contributed by atoms with E-state index in [1.54, 1.807) is 6.07 Å². The van der Waals surface area contributed by atoms with Crippen molar-refractivity contribution in [3.05, 3.63) is 71.5 Å². The van der Waals surface area contributed by atoms with Crippen LogP contribution in [0.25, 0.3) is 0 Å². The summed E-state index contributed by atoms with van der Waals surface area (Å²) >= 11 is 0. The molecule has 0 spiro atoms. The molecule has 0 radical (unpaired) electrons. The van der Waals surface area contributed by atoms with Crippen LogP contribution in [0.2, 0.25) is 0 Å². The predicted molar refractivity (Wildman–Crippen MR) is 113 cm³/mol. The van der Waals surface area contributed by atoms with Crippen LogP contribution >= 0.6 is 0 Å². The molecular weight excluding hydrogens is 347 g/mol. The number of hydrogen-bond donors (Lipinski definition) is 0. The zero-order valence-corrected chi connectivity index (χ0v) is 16.9. The van der Waals surface area contributed by atoms with Crippen molar-refractivity contribution in [3.8, 4) is 6.07 Å². The quantitative estimate of drug-likeness (QED) is 0.499. The van der Waals surface area contributed by atoms with Gasteiger partial charge in [0.15, 0.2) is 0 Å². The molecule has 1 atom stereocenters. The van der Waals surface area contributed by atoms with Gasteiger partial charge in [-0.1, -0.05) is 55.5 Å². The van der Waals surface area contributed by atoms with E-state index in [9.17, 15) is 9.65 Å². The summed E-state index contributed by atoms with van der Waals surface area (Å²) in [6, 6.07) is 20.0. The molecule has 0 bridgehead atoms. The van der Waals surface area contributed by atoms with Crippen LogP contribution in [0.15, 0.2) is 54.6 Å². The minimum Gasteiger partial charge on any atom is -0.303 e. The molecule has 0 aromatic heterocycles. The first-order valence-electron chi connectivity index (χ1n) is 10.6. The monoisotopic (exact) mass is 378 g/mol. The predicted octanol–water partition coefficient (Wildman–Crippen LogP) is 5.73. The normalized spacial score (nSPS) is 15.9. The highest BCUT2D eigenvalue weighted by Gasteiger charge is 2.47. The molecule has 2 aromatic carbocycles. The first kappa shape index (κ1) is 20.6. The lowest BCUT2D eigenvalue weighted by Crippen LogP contribution is -2.32. The number of nitrogens with zero attached hydrogens (tertiary/aromatic N) is 2. The second kappa shape index (κ2) is 9.85. The molecule has 1 aliphatic rings. The highest BCUT2D eigenvalue weighted by atomic mass is 19.1. The number of hydrogen-bond acceptors (Lipinski definition) is 2. The first-order valence-corrected chi connectivity index (χ1v) is 10.6.